The first-order valence-electron chi connectivity index (χ1n) is 6.81. The predicted molar refractivity (Wildman–Crippen MR) is 90.3 cm³/mol. The highest BCUT2D eigenvalue weighted by Gasteiger charge is 2.21. The maximum Gasteiger partial charge on any atom is 0.402 e. The van der Waals surface area contributed by atoms with Gasteiger partial charge in [0, 0.05) is 17.4 Å². The maximum atomic E-state index is 9.29. The Hall–Kier alpha value is -1.65. The summed E-state index contributed by atoms with van der Waals surface area (Å²) in [7, 11) is 3.03. The largest absolute Gasteiger partial charge is 0.493 e. The summed E-state index contributed by atoms with van der Waals surface area (Å²) in [5.74, 6) is 1.02. The van der Waals surface area contributed by atoms with Crippen molar-refractivity contribution >= 4 is 24.2 Å². The van der Waals surface area contributed by atoms with Gasteiger partial charge in [-0.15, -0.1) is 0 Å². The molecule has 0 aliphatic heterocycles. The minimum atomic E-state index is -3.00. The SMILES string of the molecule is CCOP(=S)(OCC)O/N=C(\C#N)c1ccc(OC)c(OC)c1. The first-order valence-corrected chi connectivity index (χ1v) is 9.37. The van der Waals surface area contributed by atoms with Crippen LogP contribution in [0.5, 0.6) is 11.5 Å². The molecule has 7 nitrogen and oxygen atoms in total. The monoisotopic (exact) mass is 358 g/mol. The Morgan fingerprint density at radius 1 is 1.17 bits per heavy atom. The van der Waals surface area contributed by atoms with Crippen LogP contribution < -0.4 is 9.47 Å². The lowest BCUT2D eigenvalue weighted by molar-refractivity contribution is 0.172. The molecule has 0 fully saturated rings. The van der Waals surface area contributed by atoms with Gasteiger partial charge in [0.15, 0.2) is 17.2 Å². The van der Waals surface area contributed by atoms with Crippen LogP contribution in [-0.4, -0.2) is 33.1 Å². The van der Waals surface area contributed by atoms with Gasteiger partial charge in [-0.3, -0.25) is 9.05 Å². The molecule has 126 valence electrons. The molecule has 0 heterocycles. The summed E-state index contributed by atoms with van der Waals surface area (Å²) in [6, 6.07) is 6.91. The van der Waals surface area contributed by atoms with E-state index in [9.17, 15) is 5.26 Å². The molecule has 9 heteroatoms. The third kappa shape index (κ3) is 5.48. The van der Waals surface area contributed by atoms with Crippen molar-refractivity contribution in [2.45, 2.75) is 13.8 Å². The Kier molecular flexibility index (Phi) is 8.00. The fourth-order valence-corrected chi connectivity index (χ4v) is 3.33. The van der Waals surface area contributed by atoms with E-state index in [1.165, 1.54) is 14.2 Å². The van der Waals surface area contributed by atoms with Gasteiger partial charge in [-0.05, 0) is 32.0 Å². The summed E-state index contributed by atoms with van der Waals surface area (Å²) in [6.45, 7) is 1.19. The van der Waals surface area contributed by atoms with Crippen LogP contribution in [0, 0.1) is 11.3 Å². The van der Waals surface area contributed by atoms with Gasteiger partial charge in [0.2, 0.25) is 0 Å². The summed E-state index contributed by atoms with van der Waals surface area (Å²) in [6.07, 6.45) is 0. The Labute approximate surface area is 141 Å². The molecule has 0 saturated carbocycles. The average molecular weight is 358 g/mol. The molecule has 0 unspecified atom stereocenters. The zero-order valence-electron chi connectivity index (χ0n) is 13.4. The highest BCUT2D eigenvalue weighted by atomic mass is 32.5. The zero-order valence-corrected chi connectivity index (χ0v) is 15.1. The van der Waals surface area contributed by atoms with Crippen molar-refractivity contribution in [3.05, 3.63) is 23.8 Å². The molecule has 0 bridgehead atoms. The van der Waals surface area contributed by atoms with Crippen molar-refractivity contribution < 1.29 is 23.1 Å². The highest BCUT2D eigenvalue weighted by Crippen LogP contribution is 2.50. The van der Waals surface area contributed by atoms with Crippen LogP contribution in [0.3, 0.4) is 0 Å². The molecule has 1 rings (SSSR count). The van der Waals surface area contributed by atoms with Gasteiger partial charge in [0.25, 0.3) is 0 Å². The minimum absolute atomic E-state index is 0.0274. The fourth-order valence-electron chi connectivity index (χ4n) is 1.61. The van der Waals surface area contributed by atoms with E-state index in [4.69, 9.17) is 35.0 Å². The molecule has 0 amide bonds. The molecule has 0 spiro atoms. The molecule has 0 N–H and O–H groups in total. The molecule has 0 aliphatic carbocycles. The van der Waals surface area contributed by atoms with Gasteiger partial charge in [0.05, 0.1) is 27.4 Å². The summed E-state index contributed by atoms with van der Waals surface area (Å²) in [5, 5.41) is 13.1. The quantitative estimate of drug-likeness (QED) is 0.381. The van der Waals surface area contributed by atoms with Crippen molar-refractivity contribution in [1.82, 2.24) is 0 Å². The lowest BCUT2D eigenvalue weighted by Gasteiger charge is -2.17. The van der Waals surface area contributed by atoms with Crippen LogP contribution in [0.25, 0.3) is 0 Å². The van der Waals surface area contributed by atoms with E-state index in [1.54, 1.807) is 32.0 Å². The molecular formula is C14H19N2O5PS. The van der Waals surface area contributed by atoms with Crippen molar-refractivity contribution in [3.8, 4) is 17.6 Å². The molecule has 23 heavy (non-hydrogen) atoms. The summed E-state index contributed by atoms with van der Waals surface area (Å²) in [4.78, 5) is 0. The number of methoxy groups -OCH3 is 2. The number of benzene rings is 1. The van der Waals surface area contributed by atoms with E-state index < -0.39 is 6.72 Å². The van der Waals surface area contributed by atoms with Gasteiger partial charge < -0.3 is 14.1 Å². The van der Waals surface area contributed by atoms with Crippen LogP contribution in [0.15, 0.2) is 23.4 Å². The standard InChI is InChI=1S/C14H19N2O5PS/c1-5-19-22(23,20-6-2)21-16-12(10-15)11-7-8-13(17-3)14(9-11)18-4/h7-9H,5-6H2,1-4H3/b16-12+. The number of ether oxygens (including phenoxy) is 2. The van der Waals surface area contributed by atoms with E-state index >= 15 is 0 Å². The Morgan fingerprint density at radius 2 is 1.78 bits per heavy atom. The normalized spacial score (nSPS) is 11.7. The molecule has 0 saturated heterocycles. The molecule has 0 atom stereocenters. The average Bonchev–Trinajstić information content (AvgIpc) is 2.55. The van der Waals surface area contributed by atoms with Gasteiger partial charge in [-0.1, -0.05) is 5.16 Å². The second-order valence-corrected chi connectivity index (χ2v) is 6.90. The second kappa shape index (κ2) is 9.48. The van der Waals surface area contributed by atoms with Crippen LogP contribution in [0.2, 0.25) is 0 Å². The number of oxime groups is 1. The third-order valence-corrected chi connectivity index (χ3v) is 4.83. The number of rotatable bonds is 9. The molecule has 1 aromatic carbocycles. The molecule has 0 radical (unpaired) electrons. The second-order valence-electron chi connectivity index (χ2n) is 3.99. The number of hydrogen-bond acceptors (Lipinski definition) is 8. The number of nitrogens with zero attached hydrogens (tertiary/aromatic N) is 2. The van der Waals surface area contributed by atoms with Gasteiger partial charge in [-0.25, -0.2) is 0 Å². The van der Waals surface area contributed by atoms with Crippen molar-refractivity contribution in [1.29, 1.82) is 5.26 Å². The molecule has 0 aliphatic rings. The Morgan fingerprint density at radius 3 is 2.26 bits per heavy atom. The topological polar surface area (TPSA) is 82.3 Å². The lowest BCUT2D eigenvalue weighted by Crippen LogP contribution is -2.02. The number of hydrogen-bond donors (Lipinski definition) is 0. The molecule has 0 aromatic heterocycles. The number of nitriles is 1. The third-order valence-electron chi connectivity index (χ3n) is 2.57. The smallest absolute Gasteiger partial charge is 0.402 e. The highest BCUT2D eigenvalue weighted by molar-refractivity contribution is 8.07. The molecular weight excluding hydrogens is 339 g/mol. The van der Waals surface area contributed by atoms with Crippen molar-refractivity contribution in [3.63, 3.8) is 0 Å². The predicted octanol–water partition coefficient (Wildman–Crippen LogP) is 3.25. The molecule has 1 aromatic rings. The lowest BCUT2D eigenvalue weighted by atomic mass is 10.1. The van der Waals surface area contributed by atoms with Crippen LogP contribution in [-0.2, 0) is 25.5 Å². The van der Waals surface area contributed by atoms with Crippen molar-refractivity contribution in [2.24, 2.45) is 5.16 Å². The Balaban J connectivity index is 3.08. The fraction of sp³-hybridized carbons (Fsp3) is 0.429. The summed E-state index contributed by atoms with van der Waals surface area (Å²) < 4.78 is 26.2. The first kappa shape index (κ1) is 19.4. The summed E-state index contributed by atoms with van der Waals surface area (Å²) >= 11 is 5.19. The first-order chi connectivity index (χ1) is 11.0. The van der Waals surface area contributed by atoms with E-state index in [0.717, 1.165) is 0 Å². The van der Waals surface area contributed by atoms with E-state index in [2.05, 4.69) is 5.16 Å². The summed E-state index contributed by atoms with van der Waals surface area (Å²) in [5.41, 5.74) is 0.527. The minimum Gasteiger partial charge on any atom is -0.493 e. The zero-order chi connectivity index (χ0) is 17.3. The van der Waals surface area contributed by atoms with Gasteiger partial charge >= 0.3 is 6.72 Å². The van der Waals surface area contributed by atoms with Crippen LogP contribution >= 0.6 is 6.72 Å². The van der Waals surface area contributed by atoms with Crippen LogP contribution in [0.1, 0.15) is 19.4 Å². The van der Waals surface area contributed by atoms with E-state index in [1.807, 2.05) is 6.07 Å². The Bertz CT molecular complexity index is 635. The van der Waals surface area contributed by atoms with Gasteiger partial charge in [0.1, 0.15) is 6.07 Å². The van der Waals surface area contributed by atoms with E-state index in [0.29, 0.717) is 30.3 Å². The van der Waals surface area contributed by atoms with Crippen molar-refractivity contribution in [2.75, 3.05) is 27.4 Å². The maximum absolute atomic E-state index is 9.29. The van der Waals surface area contributed by atoms with Gasteiger partial charge in [-0.2, -0.15) is 5.26 Å². The van der Waals surface area contributed by atoms with Crippen LogP contribution in [0.4, 0.5) is 0 Å². The van der Waals surface area contributed by atoms with E-state index in [-0.39, 0.29) is 5.71 Å².